The van der Waals surface area contributed by atoms with Crippen LogP contribution in [0.25, 0.3) is 72.0 Å². The maximum absolute atomic E-state index is 6.59. The second kappa shape index (κ2) is 14.5. The monoisotopic (exact) mass is 812 g/mol. The van der Waals surface area contributed by atoms with Gasteiger partial charge in [-0.15, -0.1) is 0 Å². The normalized spacial score (nSPS) is 15.5. The molecule has 1 heterocycles. The molecule has 0 radical (unpaired) electrons. The van der Waals surface area contributed by atoms with Crippen molar-refractivity contribution in [3.8, 4) is 39.1 Å². The van der Waals surface area contributed by atoms with E-state index in [0.29, 0.717) is 0 Å². The molecule has 8 aromatic carbocycles. The molecule has 3 aliphatic carbocycles. The molecular weight excluding hydrogens is 761 g/mol. The van der Waals surface area contributed by atoms with Crippen LogP contribution in [0.15, 0.2) is 188 Å². The average molecular weight is 813 g/mol. The zero-order valence-corrected chi connectivity index (χ0v) is 37.1. The number of hydrogen-bond acceptors (Lipinski definition) is 1. The number of nitrogens with zero attached hydrogens (tertiary/aromatic N) is 1. The summed E-state index contributed by atoms with van der Waals surface area (Å²) in [4.78, 5) is 0. The van der Waals surface area contributed by atoms with Crippen molar-refractivity contribution < 1.29 is 0 Å². The molecule has 63 heavy (non-hydrogen) atoms. The number of para-hydroxylation sites is 1. The Labute approximate surface area is 371 Å². The van der Waals surface area contributed by atoms with Gasteiger partial charge in [-0.25, -0.2) is 0 Å². The lowest BCUT2D eigenvalue weighted by Gasteiger charge is -2.22. The van der Waals surface area contributed by atoms with Gasteiger partial charge in [0.05, 0.1) is 11.0 Å². The average Bonchev–Trinajstić information content (AvgIpc) is 3.95. The molecule has 0 atom stereocenters. The number of nitrogens with two attached hydrogens (primary N) is 1. The van der Waals surface area contributed by atoms with Crippen molar-refractivity contribution >= 4 is 38.6 Å². The minimum absolute atomic E-state index is 0.0379. The molecular formula is C61H52N2. The first-order chi connectivity index (χ1) is 30.5. The quantitative estimate of drug-likeness (QED) is 0.176. The van der Waals surface area contributed by atoms with E-state index in [1.807, 2.05) is 6.07 Å². The molecule has 306 valence electrons. The van der Waals surface area contributed by atoms with Crippen LogP contribution in [0.4, 0.5) is 5.69 Å². The van der Waals surface area contributed by atoms with Crippen molar-refractivity contribution in [2.75, 3.05) is 5.73 Å². The number of anilines is 1. The molecule has 0 fully saturated rings. The minimum Gasteiger partial charge on any atom is -0.398 e. The molecule has 3 aliphatic rings. The summed E-state index contributed by atoms with van der Waals surface area (Å²) in [6.07, 6.45) is 3.18. The van der Waals surface area contributed by atoms with Crippen LogP contribution < -0.4 is 5.73 Å². The fraction of sp³-hybridized carbons (Fsp3) is 0.148. The number of allylic oxidation sites excluding steroid dienone is 3. The lowest BCUT2D eigenvalue weighted by molar-refractivity contribution is 0.639. The number of nitrogen functional groups attached to an aromatic ring is 1. The van der Waals surface area contributed by atoms with E-state index in [1.54, 1.807) is 0 Å². The third-order valence-electron chi connectivity index (χ3n) is 14.7. The number of fused-ring (bicyclic) bond motifs is 10. The van der Waals surface area contributed by atoms with Gasteiger partial charge in [-0.2, -0.15) is 0 Å². The van der Waals surface area contributed by atoms with Gasteiger partial charge in [0, 0.05) is 38.5 Å². The zero-order valence-electron chi connectivity index (χ0n) is 37.1. The summed E-state index contributed by atoms with van der Waals surface area (Å²) >= 11 is 0. The van der Waals surface area contributed by atoms with E-state index in [9.17, 15) is 0 Å². The Balaban J connectivity index is 0.000000293. The van der Waals surface area contributed by atoms with Crippen LogP contribution in [0, 0.1) is 0 Å². The van der Waals surface area contributed by atoms with Crippen molar-refractivity contribution in [2.24, 2.45) is 0 Å². The second-order valence-corrected chi connectivity index (χ2v) is 18.7. The SMILES string of the molecule is CC1(C)c2ccccc2-c2ccc(-c3ccc4c(c3)c3cc(C/C=C5/c6ccccc6-c6cccc(N)c65)ccc3n4-c3ccccc3)cc21.CC1=C(C)C(C)(C)c2ccccc21. The van der Waals surface area contributed by atoms with E-state index < -0.39 is 0 Å². The maximum atomic E-state index is 6.59. The third-order valence-corrected chi connectivity index (χ3v) is 14.7. The Kier molecular flexibility index (Phi) is 8.89. The molecule has 9 aromatic rings. The third kappa shape index (κ3) is 5.99. The molecule has 0 saturated carbocycles. The van der Waals surface area contributed by atoms with Gasteiger partial charge in [0.1, 0.15) is 0 Å². The minimum atomic E-state index is -0.0379. The van der Waals surface area contributed by atoms with Gasteiger partial charge in [0.15, 0.2) is 0 Å². The summed E-state index contributed by atoms with van der Waals surface area (Å²) in [5.74, 6) is 0. The fourth-order valence-corrected chi connectivity index (χ4v) is 11.0. The van der Waals surface area contributed by atoms with Crippen LogP contribution in [0.1, 0.15) is 80.5 Å². The van der Waals surface area contributed by atoms with Gasteiger partial charge in [-0.1, -0.05) is 167 Å². The molecule has 12 rings (SSSR count). The summed E-state index contributed by atoms with van der Waals surface area (Å²) in [6.45, 7) is 13.8. The zero-order chi connectivity index (χ0) is 43.2. The van der Waals surface area contributed by atoms with E-state index in [2.05, 4.69) is 222 Å². The predicted molar refractivity (Wildman–Crippen MR) is 269 cm³/mol. The van der Waals surface area contributed by atoms with Crippen LogP contribution in [0.2, 0.25) is 0 Å². The highest BCUT2D eigenvalue weighted by Crippen LogP contribution is 2.51. The highest BCUT2D eigenvalue weighted by atomic mass is 15.0. The summed E-state index contributed by atoms with van der Waals surface area (Å²) < 4.78 is 2.41. The Morgan fingerprint density at radius 3 is 1.79 bits per heavy atom. The van der Waals surface area contributed by atoms with Crippen molar-refractivity contribution in [3.63, 3.8) is 0 Å². The second-order valence-electron chi connectivity index (χ2n) is 18.7. The van der Waals surface area contributed by atoms with Gasteiger partial charge in [-0.05, 0) is 147 Å². The van der Waals surface area contributed by atoms with E-state index in [4.69, 9.17) is 5.73 Å². The van der Waals surface area contributed by atoms with Crippen LogP contribution in [0.5, 0.6) is 0 Å². The topological polar surface area (TPSA) is 30.9 Å². The molecule has 1 aromatic heterocycles. The summed E-state index contributed by atoms with van der Waals surface area (Å²) in [5, 5.41) is 2.53. The molecule has 2 nitrogen and oxygen atoms in total. The van der Waals surface area contributed by atoms with Gasteiger partial charge < -0.3 is 10.3 Å². The van der Waals surface area contributed by atoms with Gasteiger partial charge >= 0.3 is 0 Å². The summed E-state index contributed by atoms with van der Waals surface area (Å²) in [6, 6.07) is 64.3. The Hall–Kier alpha value is -7.16. The highest BCUT2D eigenvalue weighted by molar-refractivity contribution is 6.11. The lowest BCUT2D eigenvalue weighted by Crippen LogP contribution is -2.15. The van der Waals surface area contributed by atoms with Crippen LogP contribution in [-0.2, 0) is 17.3 Å². The largest absolute Gasteiger partial charge is 0.398 e. The lowest BCUT2D eigenvalue weighted by atomic mass is 9.81. The number of aromatic nitrogens is 1. The van der Waals surface area contributed by atoms with Crippen LogP contribution in [-0.4, -0.2) is 4.57 Å². The molecule has 2 N–H and O–H groups in total. The van der Waals surface area contributed by atoms with E-state index in [1.165, 1.54) is 111 Å². The fourth-order valence-electron chi connectivity index (χ4n) is 11.0. The van der Waals surface area contributed by atoms with E-state index in [-0.39, 0.29) is 10.8 Å². The highest BCUT2D eigenvalue weighted by Gasteiger charge is 2.35. The summed E-state index contributed by atoms with van der Waals surface area (Å²) in [7, 11) is 0. The Morgan fingerprint density at radius 1 is 0.476 bits per heavy atom. The first kappa shape index (κ1) is 38.7. The number of hydrogen-bond donors (Lipinski definition) is 1. The Bertz CT molecular complexity index is 3390. The molecule has 0 bridgehead atoms. The van der Waals surface area contributed by atoms with Crippen molar-refractivity contribution in [2.45, 2.75) is 58.8 Å². The standard InChI is InChI=1S/C48H36N2.C13H16/c1-48(2)42-17-9-8-15-36(42)37-24-21-32(29-43(37)48)31-22-26-46-41(28-31)40-27-30(20-25-45(40)50(46)33-11-4-3-5-12-33)19-23-39-35-14-7-6-13-34(35)38-16-10-18-44(49)47(38)39;1-9-10(2)13(3,4)12-8-6-5-7-11(9)12/h3-18,20-29H,19,49H2,1-2H3;5-8H,1-4H3/b39-23-;. The summed E-state index contributed by atoms with van der Waals surface area (Å²) in [5.41, 5.74) is 32.5. The first-order valence-corrected chi connectivity index (χ1v) is 22.4. The predicted octanol–water partition coefficient (Wildman–Crippen LogP) is 15.8. The van der Waals surface area contributed by atoms with Crippen molar-refractivity contribution in [3.05, 3.63) is 227 Å². The van der Waals surface area contributed by atoms with E-state index in [0.717, 1.165) is 17.7 Å². The van der Waals surface area contributed by atoms with Gasteiger partial charge in [-0.3, -0.25) is 0 Å². The van der Waals surface area contributed by atoms with Crippen LogP contribution >= 0.6 is 0 Å². The molecule has 0 spiro atoms. The molecule has 2 heteroatoms. The smallest absolute Gasteiger partial charge is 0.0541 e. The first-order valence-electron chi connectivity index (χ1n) is 22.4. The van der Waals surface area contributed by atoms with Crippen molar-refractivity contribution in [1.29, 1.82) is 0 Å². The van der Waals surface area contributed by atoms with Crippen molar-refractivity contribution in [1.82, 2.24) is 4.57 Å². The molecule has 0 unspecified atom stereocenters. The van der Waals surface area contributed by atoms with E-state index >= 15 is 0 Å². The Morgan fingerprint density at radius 2 is 1.05 bits per heavy atom. The van der Waals surface area contributed by atoms with Gasteiger partial charge in [0.2, 0.25) is 0 Å². The molecule has 0 amide bonds. The molecule has 0 aliphatic heterocycles. The number of rotatable bonds is 4. The van der Waals surface area contributed by atoms with Crippen LogP contribution in [0.3, 0.4) is 0 Å². The number of benzene rings is 8. The maximum Gasteiger partial charge on any atom is 0.0541 e. The molecule has 0 saturated heterocycles. The van der Waals surface area contributed by atoms with Gasteiger partial charge in [0.25, 0.3) is 0 Å².